The molecular formula is C32H40ClN3O5S. The smallest absolute Gasteiger partial charge is 0.264 e. The van der Waals surface area contributed by atoms with Gasteiger partial charge in [0.1, 0.15) is 18.3 Å². The Kier molecular flexibility index (Phi) is 11.4. The van der Waals surface area contributed by atoms with Gasteiger partial charge in [-0.15, -0.1) is 0 Å². The summed E-state index contributed by atoms with van der Waals surface area (Å²) in [6.45, 7) is 9.38. The maximum Gasteiger partial charge on any atom is 0.264 e. The lowest BCUT2D eigenvalue weighted by Gasteiger charge is -2.33. The quantitative estimate of drug-likeness (QED) is 0.265. The molecule has 0 spiro atoms. The Hall–Kier alpha value is -3.56. The van der Waals surface area contributed by atoms with Crippen molar-refractivity contribution in [1.82, 2.24) is 10.2 Å². The summed E-state index contributed by atoms with van der Waals surface area (Å²) in [5.74, 6) is -0.000900. The van der Waals surface area contributed by atoms with Crippen molar-refractivity contribution in [2.75, 3.05) is 24.5 Å². The number of sulfonamides is 1. The van der Waals surface area contributed by atoms with Crippen LogP contribution in [-0.4, -0.2) is 51.4 Å². The molecule has 0 heterocycles. The zero-order valence-corrected chi connectivity index (χ0v) is 26.6. The molecule has 0 aliphatic heterocycles. The number of hydrogen-bond donors (Lipinski definition) is 1. The molecule has 1 N–H and O–H groups in total. The van der Waals surface area contributed by atoms with E-state index < -0.39 is 28.5 Å². The monoisotopic (exact) mass is 613 g/mol. The number of nitrogens with zero attached hydrogens (tertiary/aromatic N) is 2. The molecule has 0 aliphatic rings. The first-order valence-corrected chi connectivity index (χ1v) is 15.7. The molecule has 2 amide bonds. The van der Waals surface area contributed by atoms with Crippen LogP contribution in [0.1, 0.15) is 43.9 Å². The minimum atomic E-state index is -4.19. The average Bonchev–Trinajstić information content (AvgIpc) is 2.96. The largest absolute Gasteiger partial charge is 0.497 e. The summed E-state index contributed by atoms with van der Waals surface area (Å²) >= 11 is 6.40. The lowest BCUT2D eigenvalue weighted by molar-refractivity contribution is -0.140. The summed E-state index contributed by atoms with van der Waals surface area (Å²) in [4.78, 5) is 29.1. The summed E-state index contributed by atoms with van der Waals surface area (Å²) in [6.07, 6.45) is 0.334. The number of halogens is 1. The van der Waals surface area contributed by atoms with Crippen LogP contribution in [-0.2, 0) is 26.2 Å². The predicted octanol–water partition coefficient (Wildman–Crippen LogP) is 5.74. The molecule has 0 radical (unpaired) electrons. The Morgan fingerprint density at radius 2 is 1.67 bits per heavy atom. The van der Waals surface area contributed by atoms with Crippen molar-refractivity contribution in [2.24, 2.45) is 5.92 Å². The van der Waals surface area contributed by atoms with Gasteiger partial charge >= 0.3 is 0 Å². The Balaban J connectivity index is 2.10. The highest BCUT2D eigenvalue weighted by molar-refractivity contribution is 7.92. The molecule has 0 saturated heterocycles. The minimum Gasteiger partial charge on any atom is -0.497 e. The molecule has 42 heavy (non-hydrogen) atoms. The van der Waals surface area contributed by atoms with E-state index in [0.29, 0.717) is 29.3 Å². The van der Waals surface area contributed by atoms with Gasteiger partial charge in [0.15, 0.2) is 0 Å². The van der Waals surface area contributed by atoms with Crippen LogP contribution in [0.15, 0.2) is 71.6 Å². The Bertz CT molecular complexity index is 1490. The van der Waals surface area contributed by atoms with Gasteiger partial charge in [0.2, 0.25) is 11.8 Å². The van der Waals surface area contributed by atoms with Gasteiger partial charge in [-0.25, -0.2) is 8.42 Å². The zero-order valence-electron chi connectivity index (χ0n) is 25.1. The number of carbonyl (C=O) groups is 2. The third kappa shape index (κ3) is 8.04. The van der Waals surface area contributed by atoms with Gasteiger partial charge in [-0.1, -0.05) is 68.3 Å². The van der Waals surface area contributed by atoms with Crippen LogP contribution in [0.25, 0.3) is 0 Å². The van der Waals surface area contributed by atoms with Crippen LogP contribution in [0.3, 0.4) is 0 Å². The van der Waals surface area contributed by atoms with E-state index in [9.17, 15) is 18.0 Å². The summed E-state index contributed by atoms with van der Waals surface area (Å²) in [6, 6.07) is 17.8. The van der Waals surface area contributed by atoms with Gasteiger partial charge in [0.05, 0.1) is 17.7 Å². The van der Waals surface area contributed by atoms with Crippen LogP contribution in [0.4, 0.5) is 5.69 Å². The molecule has 3 rings (SSSR count). The van der Waals surface area contributed by atoms with Crippen molar-refractivity contribution < 1.29 is 22.7 Å². The number of anilines is 1. The number of carbonyl (C=O) groups excluding carboxylic acids is 2. The number of amides is 2. The van der Waals surface area contributed by atoms with Crippen molar-refractivity contribution in [3.05, 3.63) is 88.4 Å². The Morgan fingerprint density at radius 3 is 2.29 bits per heavy atom. The SMILES string of the molecule is CCC(C(=O)NCC(C)C)N(Cc1cccc(OC)c1)C(=O)CN(c1cccc(Cl)c1C)S(=O)(=O)c1ccc(C)cc1. The lowest BCUT2D eigenvalue weighted by atomic mass is 10.1. The maximum atomic E-state index is 14.2. The summed E-state index contributed by atoms with van der Waals surface area (Å²) in [5.41, 5.74) is 2.45. The second-order valence-electron chi connectivity index (χ2n) is 10.6. The highest BCUT2D eigenvalue weighted by Gasteiger charge is 2.34. The molecule has 3 aromatic carbocycles. The van der Waals surface area contributed by atoms with Gasteiger partial charge in [-0.2, -0.15) is 0 Å². The summed E-state index contributed by atoms with van der Waals surface area (Å²) in [7, 11) is -2.64. The first kappa shape index (κ1) is 32.9. The molecule has 0 saturated carbocycles. The van der Waals surface area contributed by atoms with E-state index in [-0.39, 0.29) is 29.0 Å². The molecule has 0 fully saturated rings. The molecule has 1 atom stereocenters. The van der Waals surface area contributed by atoms with Crippen LogP contribution in [0.2, 0.25) is 5.02 Å². The van der Waals surface area contributed by atoms with Crippen molar-refractivity contribution >= 4 is 39.1 Å². The molecule has 0 bridgehead atoms. The fourth-order valence-electron chi connectivity index (χ4n) is 4.53. The molecule has 0 aliphatic carbocycles. The van der Waals surface area contributed by atoms with Crippen LogP contribution >= 0.6 is 11.6 Å². The molecule has 10 heteroatoms. The molecular weight excluding hydrogens is 574 g/mol. The molecule has 3 aromatic rings. The Labute approximate surface area is 254 Å². The summed E-state index contributed by atoms with van der Waals surface area (Å²) < 4.78 is 34.6. The average molecular weight is 614 g/mol. The molecule has 0 aromatic heterocycles. The maximum absolute atomic E-state index is 14.2. The lowest BCUT2D eigenvalue weighted by Crippen LogP contribution is -2.52. The van der Waals surface area contributed by atoms with Crippen molar-refractivity contribution in [3.63, 3.8) is 0 Å². The minimum absolute atomic E-state index is 0.0429. The van der Waals surface area contributed by atoms with Gasteiger partial charge in [0, 0.05) is 18.1 Å². The highest BCUT2D eigenvalue weighted by Crippen LogP contribution is 2.31. The van der Waals surface area contributed by atoms with Gasteiger partial charge in [-0.3, -0.25) is 13.9 Å². The number of benzene rings is 3. The second kappa shape index (κ2) is 14.6. The number of hydrogen-bond acceptors (Lipinski definition) is 5. The number of ether oxygens (including phenoxy) is 1. The number of nitrogens with one attached hydrogen (secondary N) is 1. The normalized spacial score (nSPS) is 12.1. The van der Waals surface area contributed by atoms with E-state index in [2.05, 4.69) is 5.32 Å². The van der Waals surface area contributed by atoms with E-state index in [1.807, 2.05) is 33.8 Å². The number of methoxy groups -OCH3 is 1. The topological polar surface area (TPSA) is 96.0 Å². The summed E-state index contributed by atoms with van der Waals surface area (Å²) in [5, 5.41) is 3.30. The third-order valence-corrected chi connectivity index (χ3v) is 9.14. The van der Waals surface area contributed by atoms with E-state index in [1.165, 1.54) is 17.0 Å². The van der Waals surface area contributed by atoms with Crippen molar-refractivity contribution in [3.8, 4) is 5.75 Å². The van der Waals surface area contributed by atoms with Crippen LogP contribution in [0.5, 0.6) is 5.75 Å². The van der Waals surface area contributed by atoms with Crippen LogP contribution < -0.4 is 14.4 Å². The van der Waals surface area contributed by atoms with E-state index in [0.717, 1.165) is 15.4 Å². The van der Waals surface area contributed by atoms with Gasteiger partial charge < -0.3 is 15.0 Å². The first-order valence-electron chi connectivity index (χ1n) is 13.9. The first-order chi connectivity index (χ1) is 19.9. The fourth-order valence-corrected chi connectivity index (χ4v) is 6.17. The zero-order chi connectivity index (χ0) is 31.0. The van der Waals surface area contributed by atoms with E-state index in [1.54, 1.807) is 62.6 Å². The third-order valence-electron chi connectivity index (χ3n) is 6.95. The fraction of sp³-hybridized carbons (Fsp3) is 0.375. The van der Waals surface area contributed by atoms with Gasteiger partial charge in [0.25, 0.3) is 10.0 Å². The van der Waals surface area contributed by atoms with Gasteiger partial charge in [-0.05, 0) is 73.7 Å². The second-order valence-corrected chi connectivity index (χ2v) is 12.9. The molecule has 226 valence electrons. The highest BCUT2D eigenvalue weighted by atomic mass is 35.5. The van der Waals surface area contributed by atoms with Crippen LogP contribution in [0, 0.1) is 19.8 Å². The predicted molar refractivity (Wildman–Crippen MR) is 167 cm³/mol. The standard InChI is InChI=1S/C32H40ClN3O5S/c1-7-29(32(38)34-19-22(2)3)35(20-25-10-8-11-26(18-25)41-6)31(37)21-36(30-13-9-12-28(33)24(30)5)42(39,40)27-16-14-23(4)15-17-27/h8-18,22,29H,7,19-21H2,1-6H3,(H,34,38). The van der Waals surface area contributed by atoms with E-state index in [4.69, 9.17) is 16.3 Å². The van der Waals surface area contributed by atoms with Crippen molar-refractivity contribution in [2.45, 2.75) is 58.5 Å². The van der Waals surface area contributed by atoms with Crippen molar-refractivity contribution in [1.29, 1.82) is 0 Å². The molecule has 1 unspecified atom stereocenters. The molecule has 8 nitrogen and oxygen atoms in total. The number of rotatable bonds is 13. The van der Waals surface area contributed by atoms with E-state index >= 15 is 0 Å². The Morgan fingerprint density at radius 1 is 1.00 bits per heavy atom. The number of aryl methyl sites for hydroxylation is 1.